The molecule has 1 N–H and O–H groups in total. The molecule has 1 aliphatic carbocycles. The molecule has 3 aromatic rings. The van der Waals surface area contributed by atoms with Crippen molar-refractivity contribution in [1.82, 2.24) is 14.8 Å². The SMILES string of the molecule is COC(=O)c1c(NC(=O)CSc2nnc(-c3ccco3)n2C)sc2c1CCCCC2. The fourth-order valence-corrected chi connectivity index (χ4v) is 5.51. The minimum atomic E-state index is -0.395. The molecule has 0 bridgehead atoms. The first-order valence-corrected chi connectivity index (χ1v) is 11.5. The molecule has 0 aliphatic heterocycles. The van der Waals surface area contributed by atoms with Gasteiger partial charge in [0, 0.05) is 11.9 Å². The van der Waals surface area contributed by atoms with Crippen LogP contribution in [0.3, 0.4) is 0 Å². The van der Waals surface area contributed by atoms with Crippen molar-refractivity contribution >= 4 is 40.0 Å². The van der Waals surface area contributed by atoms with Crippen LogP contribution in [0.1, 0.15) is 40.1 Å². The van der Waals surface area contributed by atoms with Crippen molar-refractivity contribution < 1.29 is 18.7 Å². The van der Waals surface area contributed by atoms with Crippen molar-refractivity contribution in [3.63, 3.8) is 0 Å². The molecule has 0 atom stereocenters. The number of aromatic nitrogens is 3. The molecule has 8 nitrogen and oxygen atoms in total. The summed E-state index contributed by atoms with van der Waals surface area (Å²) < 4.78 is 12.1. The van der Waals surface area contributed by atoms with Gasteiger partial charge in [-0.25, -0.2) is 4.79 Å². The predicted octanol–water partition coefficient (Wildman–Crippen LogP) is 3.92. The molecular weight excluding hydrogens is 424 g/mol. The molecule has 3 heterocycles. The average molecular weight is 447 g/mol. The van der Waals surface area contributed by atoms with Gasteiger partial charge in [-0.3, -0.25) is 4.79 Å². The summed E-state index contributed by atoms with van der Waals surface area (Å²) in [5.41, 5.74) is 1.54. The van der Waals surface area contributed by atoms with Crippen LogP contribution in [-0.2, 0) is 29.4 Å². The number of thioether (sulfide) groups is 1. The number of rotatable bonds is 6. The summed E-state index contributed by atoms with van der Waals surface area (Å²) in [5.74, 6) is 0.757. The van der Waals surface area contributed by atoms with E-state index in [0.717, 1.165) is 37.7 Å². The van der Waals surface area contributed by atoms with Gasteiger partial charge in [0.05, 0.1) is 24.7 Å². The molecule has 1 amide bonds. The summed E-state index contributed by atoms with van der Waals surface area (Å²) in [4.78, 5) is 26.2. The van der Waals surface area contributed by atoms with Crippen LogP contribution < -0.4 is 5.32 Å². The van der Waals surface area contributed by atoms with Gasteiger partial charge in [0.15, 0.2) is 16.7 Å². The number of methoxy groups -OCH3 is 1. The molecule has 158 valence electrons. The third kappa shape index (κ3) is 4.15. The normalized spacial score (nSPS) is 13.5. The summed E-state index contributed by atoms with van der Waals surface area (Å²) in [5, 5.41) is 12.4. The Hall–Kier alpha value is -2.59. The number of esters is 1. The van der Waals surface area contributed by atoms with E-state index in [-0.39, 0.29) is 11.7 Å². The average Bonchev–Trinajstić information content (AvgIpc) is 3.42. The van der Waals surface area contributed by atoms with Gasteiger partial charge in [0.2, 0.25) is 5.91 Å². The van der Waals surface area contributed by atoms with Crippen LogP contribution in [-0.4, -0.2) is 39.5 Å². The molecule has 0 radical (unpaired) electrons. The zero-order valence-electron chi connectivity index (χ0n) is 16.8. The van der Waals surface area contributed by atoms with Gasteiger partial charge in [-0.2, -0.15) is 0 Å². The molecule has 0 unspecified atom stereocenters. The Labute approximate surface area is 182 Å². The first kappa shape index (κ1) is 20.7. The maximum atomic E-state index is 12.6. The lowest BCUT2D eigenvalue weighted by Gasteiger charge is -2.07. The van der Waals surface area contributed by atoms with E-state index >= 15 is 0 Å². The summed E-state index contributed by atoms with van der Waals surface area (Å²) in [6.45, 7) is 0. The highest BCUT2D eigenvalue weighted by Crippen LogP contribution is 2.38. The lowest BCUT2D eigenvalue weighted by Crippen LogP contribution is -2.16. The number of hydrogen-bond acceptors (Lipinski definition) is 8. The quantitative estimate of drug-likeness (QED) is 0.348. The maximum Gasteiger partial charge on any atom is 0.341 e. The van der Waals surface area contributed by atoms with Crippen LogP contribution in [0, 0.1) is 0 Å². The number of anilines is 1. The van der Waals surface area contributed by atoms with Gasteiger partial charge in [-0.15, -0.1) is 21.5 Å². The van der Waals surface area contributed by atoms with E-state index in [0.29, 0.717) is 27.3 Å². The Balaban J connectivity index is 1.46. The summed E-state index contributed by atoms with van der Waals surface area (Å²) in [7, 11) is 3.19. The molecular formula is C20H22N4O4S2. The third-order valence-corrected chi connectivity index (χ3v) is 7.20. The van der Waals surface area contributed by atoms with Crippen LogP contribution in [0.2, 0.25) is 0 Å². The number of fused-ring (bicyclic) bond motifs is 1. The highest BCUT2D eigenvalue weighted by Gasteiger charge is 2.26. The molecule has 4 rings (SSSR count). The largest absolute Gasteiger partial charge is 0.465 e. The molecule has 0 aromatic carbocycles. The molecule has 30 heavy (non-hydrogen) atoms. The number of nitrogens with zero attached hydrogens (tertiary/aromatic N) is 3. The first-order valence-electron chi connectivity index (χ1n) is 9.67. The van der Waals surface area contributed by atoms with E-state index in [2.05, 4.69) is 15.5 Å². The Morgan fingerprint density at radius 1 is 1.30 bits per heavy atom. The van der Waals surface area contributed by atoms with E-state index in [1.807, 2.05) is 7.05 Å². The van der Waals surface area contributed by atoms with Crippen LogP contribution >= 0.6 is 23.1 Å². The van der Waals surface area contributed by atoms with Crippen molar-refractivity contribution in [2.75, 3.05) is 18.2 Å². The summed E-state index contributed by atoms with van der Waals surface area (Å²) >= 11 is 2.76. The van der Waals surface area contributed by atoms with E-state index in [9.17, 15) is 9.59 Å². The van der Waals surface area contributed by atoms with Crippen LogP contribution in [0.15, 0.2) is 28.0 Å². The number of amides is 1. The predicted molar refractivity (Wildman–Crippen MR) is 115 cm³/mol. The van der Waals surface area contributed by atoms with Crippen molar-refractivity contribution in [1.29, 1.82) is 0 Å². The van der Waals surface area contributed by atoms with Gasteiger partial charge in [0.25, 0.3) is 0 Å². The Bertz CT molecular complexity index is 1060. The zero-order chi connectivity index (χ0) is 21.1. The highest BCUT2D eigenvalue weighted by molar-refractivity contribution is 7.99. The number of hydrogen-bond donors (Lipinski definition) is 1. The topological polar surface area (TPSA) is 99.2 Å². The van der Waals surface area contributed by atoms with Crippen LogP contribution in [0.5, 0.6) is 0 Å². The number of aryl methyl sites for hydroxylation is 1. The molecule has 1 aliphatic rings. The molecule has 0 saturated carbocycles. The van der Waals surface area contributed by atoms with Gasteiger partial charge in [0.1, 0.15) is 5.00 Å². The maximum absolute atomic E-state index is 12.6. The van der Waals surface area contributed by atoms with Gasteiger partial charge in [-0.05, 0) is 43.4 Å². The number of furan rings is 1. The fraction of sp³-hybridized carbons (Fsp3) is 0.400. The minimum absolute atomic E-state index is 0.146. The van der Waals surface area contributed by atoms with E-state index in [1.165, 1.54) is 35.1 Å². The fourth-order valence-electron chi connectivity index (χ4n) is 3.50. The second kappa shape index (κ2) is 9.05. The zero-order valence-corrected chi connectivity index (χ0v) is 18.4. The number of carbonyl (C=O) groups excluding carboxylic acids is 2. The number of thiophene rings is 1. The second-order valence-electron chi connectivity index (χ2n) is 6.94. The molecule has 0 saturated heterocycles. The molecule has 10 heteroatoms. The standard InChI is InChI=1S/C20H22N4O4S2/c1-24-17(13-8-6-10-28-13)22-23-20(24)29-11-15(25)21-18-16(19(26)27-2)12-7-4-3-5-9-14(12)30-18/h6,8,10H,3-5,7,9,11H2,1-2H3,(H,21,25). The van der Waals surface area contributed by atoms with Crippen LogP contribution in [0.4, 0.5) is 5.00 Å². The third-order valence-electron chi connectivity index (χ3n) is 4.97. The Morgan fingerprint density at radius 2 is 2.13 bits per heavy atom. The van der Waals surface area contributed by atoms with Crippen LogP contribution in [0.25, 0.3) is 11.6 Å². The first-order chi connectivity index (χ1) is 14.6. The van der Waals surface area contributed by atoms with Gasteiger partial charge in [-0.1, -0.05) is 18.2 Å². The highest BCUT2D eigenvalue weighted by atomic mass is 32.2. The van der Waals surface area contributed by atoms with E-state index < -0.39 is 5.97 Å². The number of nitrogens with one attached hydrogen (secondary N) is 1. The summed E-state index contributed by atoms with van der Waals surface area (Å²) in [6.07, 6.45) is 6.64. The number of carbonyl (C=O) groups is 2. The molecule has 0 spiro atoms. The summed E-state index contributed by atoms with van der Waals surface area (Å²) in [6, 6.07) is 3.59. The van der Waals surface area contributed by atoms with Gasteiger partial charge < -0.3 is 19.0 Å². The van der Waals surface area contributed by atoms with Crippen molar-refractivity contribution in [2.24, 2.45) is 7.05 Å². The number of ether oxygens (including phenoxy) is 1. The van der Waals surface area contributed by atoms with Crippen molar-refractivity contribution in [2.45, 2.75) is 37.3 Å². The lowest BCUT2D eigenvalue weighted by molar-refractivity contribution is -0.113. The Kier molecular flexibility index (Phi) is 6.24. The van der Waals surface area contributed by atoms with Gasteiger partial charge >= 0.3 is 5.97 Å². The Morgan fingerprint density at radius 3 is 2.90 bits per heavy atom. The monoisotopic (exact) mass is 446 g/mol. The smallest absolute Gasteiger partial charge is 0.341 e. The second-order valence-corrected chi connectivity index (χ2v) is 8.99. The van der Waals surface area contributed by atoms with E-state index in [1.54, 1.807) is 23.0 Å². The van der Waals surface area contributed by atoms with Crippen molar-refractivity contribution in [3.05, 3.63) is 34.4 Å². The van der Waals surface area contributed by atoms with Crippen molar-refractivity contribution in [3.8, 4) is 11.6 Å². The van der Waals surface area contributed by atoms with E-state index in [4.69, 9.17) is 9.15 Å². The lowest BCUT2D eigenvalue weighted by atomic mass is 10.1. The molecule has 3 aromatic heterocycles. The molecule has 0 fully saturated rings. The minimum Gasteiger partial charge on any atom is -0.465 e.